The first-order valence-corrected chi connectivity index (χ1v) is 7.81. The molecule has 3 rings (SSSR count). The van der Waals surface area contributed by atoms with Gasteiger partial charge in [0.15, 0.2) is 0 Å². The molecule has 0 bridgehead atoms. The Kier molecular flexibility index (Phi) is 3.88. The Morgan fingerprint density at radius 3 is 2.45 bits per heavy atom. The first kappa shape index (κ1) is 14.6. The van der Waals surface area contributed by atoms with E-state index in [1.165, 1.54) is 5.56 Å². The largest absolute Gasteiger partial charge is 0.378 e. The monoisotopic (exact) mass is 294 g/mol. The molecule has 114 valence electrons. The minimum atomic E-state index is 0.101. The van der Waals surface area contributed by atoms with Gasteiger partial charge in [0.25, 0.3) is 5.91 Å². The molecule has 0 saturated heterocycles. The average Bonchev–Trinajstić information content (AvgIpc) is 2.85. The van der Waals surface area contributed by atoms with Gasteiger partial charge in [-0.05, 0) is 47.9 Å². The van der Waals surface area contributed by atoms with Crippen LogP contribution in [0.2, 0.25) is 0 Å². The maximum atomic E-state index is 12.6. The molecular formula is C19H22N2O. The van der Waals surface area contributed by atoms with Crippen LogP contribution in [0.4, 0.5) is 11.4 Å². The lowest BCUT2D eigenvalue weighted by molar-refractivity contribution is 0.0996. The van der Waals surface area contributed by atoms with E-state index in [4.69, 9.17) is 0 Å². The molecule has 2 aromatic carbocycles. The van der Waals surface area contributed by atoms with Crippen molar-refractivity contribution in [3.8, 4) is 0 Å². The number of benzene rings is 2. The fraction of sp³-hybridized carbons (Fsp3) is 0.316. The summed E-state index contributed by atoms with van der Waals surface area (Å²) in [6.45, 7) is 2.83. The van der Waals surface area contributed by atoms with Crippen molar-refractivity contribution in [3.63, 3.8) is 0 Å². The molecular weight excluding hydrogens is 272 g/mol. The molecule has 1 heterocycles. The van der Waals surface area contributed by atoms with Gasteiger partial charge in [-0.1, -0.05) is 25.5 Å². The molecule has 0 fully saturated rings. The van der Waals surface area contributed by atoms with Gasteiger partial charge in [-0.15, -0.1) is 0 Å². The van der Waals surface area contributed by atoms with E-state index in [-0.39, 0.29) is 5.91 Å². The summed E-state index contributed by atoms with van der Waals surface area (Å²) < 4.78 is 0. The number of fused-ring (bicyclic) bond motifs is 1. The van der Waals surface area contributed by atoms with E-state index in [1.807, 2.05) is 31.1 Å². The van der Waals surface area contributed by atoms with E-state index < -0.39 is 0 Å². The molecule has 2 aromatic rings. The van der Waals surface area contributed by atoms with Crippen molar-refractivity contribution in [2.45, 2.75) is 26.3 Å². The SMILES string of the molecule is CCCc1ccc(N2Cc3cc(N(C)C)ccc3C2=O)cc1. The quantitative estimate of drug-likeness (QED) is 0.854. The van der Waals surface area contributed by atoms with E-state index >= 15 is 0 Å². The summed E-state index contributed by atoms with van der Waals surface area (Å²) in [5.74, 6) is 0.101. The zero-order valence-corrected chi connectivity index (χ0v) is 13.5. The number of anilines is 2. The standard InChI is InChI=1S/C19H22N2O/c1-4-5-14-6-8-16(9-7-14)21-13-15-12-17(20(2)3)10-11-18(15)19(21)22/h6-12H,4-5,13H2,1-3H3. The summed E-state index contributed by atoms with van der Waals surface area (Å²) in [4.78, 5) is 16.5. The number of hydrogen-bond acceptors (Lipinski definition) is 2. The van der Waals surface area contributed by atoms with Crippen molar-refractivity contribution in [2.75, 3.05) is 23.9 Å². The number of carbonyl (C=O) groups excluding carboxylic acids is 1. The number of amides is 1. The van der Waals surface area contributed by atoms with Gasteiger partial charge in [-0.25, -0.2) is 0 Å². The molecule has 0 saturated carbocycles. The van der Waals surface area contributed by atoms with Gasteiger partial charge in [0.1, 0.15) is 0 Å². The van der Waals surface area contributed by atoms with Gasteiger partial charge in [-0.3, -0.25) is 4.79 Å². The van der Waals surface area contributed by atoms with Crippen LogP contribution >= 0.6 is 0 Å². The molecule has 22 heavy (non-hydrogen) atoms. The molecule has 0 spiro atoms. The Hall–Kier alpha value is -2.29. The molecule has 0 atom stereocenters. The van der Waals surface area contributed by atoms with Crippen LogP contribution < -0.4 is 9.80 Å². The summed E-state index contributed by atoms with van der Waals surface area (Å²) in [6.07, 6.45) is 2.22. The molecule has 0 aromatic heterocycles. The summed E-state index contributed by atoms with van der Waals surface area (Å²) >= 11 is 0. The van der Waals surface area contributed by atoms with Crippen LogP contribution in [0.15, 0.2) is 42.5 Å². The minimum absolute atomic E-state index is 0.101. The van der Waals surface area contributed by atoms with Crippen molar-refractivity contribution < 1.29 is 4.79 Å². The first-order chi connectivity index (χ1) is 10.6. The third kappa shape index (κ3) is 2.59. The van der Waals surface area contributed by atoms with Gasteiger partial charge in [0.05, 0.1) is 6.54 Å². The minimum Gasteiger partial charge on any atom is -0.378 e. The molecule has 3 nitrogen and oxygen atoms in total. The number of hydrogen-bond donors (Lipinski definition) is 0. The van der Waals surface area contributed by atoms with Gasteiger partial charge in [-0.2, -0.15) is 0 Å². The highest BCUT2D eigenvalue weighted by atomic mass is 16.2. The van der Waals surface area contributed by atoms with Crippen molar-refractivity contribution >= 4 is 17.3 Å². The van der Waals surface area contributed by atoms with Crippen LogP contribution in [-0.2, 0) is 13.0 Å². The molecule has 0 unspecified atom stereocenters. The summed E-state index contributed by atoms with van der Waals surface area (Å²) in [5, 5.41) is 0. The molecule has 0 aliphatic carbocycles. The Balaban J connectivity index is 1.86. The van der Waals surface area contributed by atoms with Crippen molar-refractivity contribution in [2.24, 2.45) is 0 Å². The van der Waals surface area contributed by atoms with Crippen LogP contribution in [0.3, 0.4) is 0 Å². The summed E-state index contributed by atoms with van der Waals surface area (Å²) in [7, 11) is 4.03. The molecule has 3 heteroatoms. The molecule has 1 aliphatic heterocycles. The van der Waals surface area contributed by atoms with E-state index in [0.29, 0.717) is 6.54 Å². The number of aryl methyl sites for hydroxylation is 1. The van der Waals surface area contributed by atoms with Crippen LogP contribution in [0.1, 0.15) is 34.8 Å². The highest BCUT2D eigenvalue weighted by molar-refractivity contribution is 6.10. The fourth-order valence-corrected chi connectivity index (χ4v) is 2.93. The predicted octanol–water partition coefficient (Wildman–Crippen LogP) is 3.87. The second-order valence-corrected chi connectivity index (χ2v) is 6.04. The van der Waals surface area contributed by atoms with Crippen LogP contribution in [-0.4, -0.2) is 20.0 Å². The van der Waals surface area contributed by atoms with Crippen LogP contribution in [0.5, 0.6) is 0 Å². The van der Waals surface area contributed by atoms with Gasteiger partial charge in [0, 0.05) is 31.0 Å². The lowest BCUT2D eigenvalue weighted by atomic mass is 10.1. The molecule has 0 radical (unpaired) electrons. The maximum Gasteiger partial charge on any atom is 0.258 e. The second kappa shape index (κ2) is 5.84. The molecule has 1 aliphatic rings. The normalized spacial score (nSPS) is 13.4. The zero-order valence-electron chi connectivity index (χ0n) is 13.5. The Bertz CT molecular complexity index is 689. The Morgan fingerprint density at radius 2 is 1.82 bits per heavy atom. The lowest BCUT2D eigenvalue weighted by Gasteiger charge is -2.16. The van der Waals surface area contributed by atoms with E-state index in [1.54, 1.807) is 0 Å². The second-order valence-electron chi connectivity index (χ2n) is 6.04. The topological polar surface area (TPSA) is 23.6 Å². The number of carbonyl (C=O) groups is 1. The van der Waals surface area contributed by atoms with Crippen LogP contribution in [0, 0.1) is 0 Å². The summed E-state index contributed by atoms with van der Waals surface area (Å²) in [6, 6.07) is 14.4. The maximum absolute atomic E-state index is 12.6. The van der Waals surface area contributed by atoms with E-state index in [2.05, 4.69) is 42.2 Å². The molecule has 1 amide bonds. The summed E-state index contributed by atoms with van der Waals surface area (Å²) in [5.41, 5.74) is 5.36. The third-order valence-corrected chi connectivity index (χ3v) is 4.20. The van der Waals surface area contributed by atoms with Gasteiger partial charge >= 0.3 is 0 Å². The molecule has 0 N–H and O–H groups in total. The van der Waals surface area contributed by atoms with Crippen LogP contribution in [0.25, 0.3) is 0 Å². The predicted molar refractivity (Wildman–Crippen MR) is 91.7 cm³/mol. The Morgan fingerprint density at radius 1 is 1.09 bits per heavy atom. The van der Waals surface area contributed by atoms with Crippen molar-refractivity contribution in [1.82, 2.24) is 0 Å². The highest BCUT2D eigenvalue weighted by Crippen LogP contribution is 2.30. The van der Waals surface area contributed by atoms with E-state index in [9.17, 15) is 4.79 Å². The van der Waals surface area contributed by atoms with Gasteiger partial charge in [0.2, 0.25) is 0 Å². The Labute approximate surface area is 132 Å². The number of rotatable bonds is 4. The highest BCUT2D eigenvalue weighted by Gasteiger charge is 2.28. The fourth-order valence-electron chi connectivity index (χ4n) is 2.93. The smallest absolute Gasteiger partial charge is 0.258 e. The first-order valence-electron chi connectivity index (χ1n) is 7.81. The average molecular weight is 294 g/mol. The van der Waals surface area contributed by atoms with E-state index in [0.717, 1.165) is 35.3 Å². The lowest BCUT2D eigenvalue weighted by Crippen LogP contribution is -2.22. The number of nitrogens with zero attached hydrogens (tertiary/aromatic N) is 2. The zero-order chi connectivity index (χ0) is 15.7. The van der Waals surface area contributed by atoms with Crippen molar-refractivity contribution in [1.29, 1.82) is 0 Å². The van der Waals surface area contributed by atoms with Gasteiger partial charge < -0.3 is 9.80 Å². The van der Waals surface area contributed by atoms with Crippen molar-refractivity contribution in [3.05, 3.63) is 59.2 Å². The third-order valence-electron chi connectivity index (χ3n) is 4.20.